The Balaban J connectivity index is 2.58. The predicted molar refractivity (Wildman–Crippen MR) is 50.8 cm³/mol. The van der Waals surface area contributed by atoms with Gasteiger partial charge in [0.2, 0.25) is 0 Å². The van der Waals surface area contributed by atoms with Crippen molar-refractivity contribution in [1.29, 1.82) is 0 Å². The number of aliphatic hydroxyl groups is 1. The lowest BCUT2D eigenvalue weighted by molar-refractivity contribution is 0.0405. The lowest BCUT2D eigenvalue weighted by atomic mass is 9.74. The number of hydrogen-bond donors (Lipinski definition) is 2. The molecule has 0 amide bonds. The maximum absolute atomic E-state index is 9.69. The molecular weight excluding hydrogens is 150 g/mol. The van der Waals surface area contributed by atoms with E-state index in [0.29, 0.717) is 5.92 Å². The lowest BCUT2D eigenvalue weighted by Gasteiger charge is -2.39. The van der Waals surface area contributed by atoms with E-state index < -0.39 is 0 Å². The molecule has 0 heterocycles. The van der Waals surface area contributed by atoms with Crippen molar-refractivity contribution in [2.45, 2.75) is 44.8 Å². The van der Waals surface area contributed by atoms with Gasteiger partial charge in [0.1, 0.15) is 0 Å². The Labute approximate surface area is 74.5 Å². The summed E-state index contributed by atoms with van der Waals surface area (Å²) in [5, 5.41) is 9.69. The van der Waals surface area contributed by atoms with Gasteiger partial charge in [-0.2, -0.15) is 0 Å². The van der Waals surface area contributed by atoms with Crippen LogP contribution in [-0.4, -0.2) is 16.7 Å². The zero-order valence-corrected chi connectivity index (χ0v) is 8.01. The summed E-state index contributed by atoms with van der Waals surface area (Å²) < 4.78 is 0. The Bertz CT molecular complexity index is 186. The normalized spacial score (nSPS) is 42.7. The average molecular weight is 169 g/mol. The van der Waals surface area contributed by atoms with Gasteiger partial charge in [0.25, 0.3) is 0 Å². The Morgan fingerprint density at radius 3 is 2.67 bits per heavy atom. The third-order valence-corrected chi connectivity index (χ3v) is 3.00. The first-order chi connectivity index (χ1) is 5.43. The van der Waals surface area contributed by atoms with Crippen LogP contribution in [0.4, 0.5) is 0 Å². The highest BCUT2D eigenvalue weighted by atomic mass is 16.3. The van der Waals surface area contributed by atoms with E-state index in [1.807, 2.05) is 13.8 Å². The summed E-state index contributed by atoms with van der Waals surface area (Å²) in [7, 11) is 0. The topological polar surface area (TPSA) is 46.2 Å². The Morgan fingerprint density at radius 1 is 1.67 bits per heavy atom. The lowest BCUT2D eigenvalue weighted by Crippen LogP contribution is -2.51. The zero-order valence-electron chi connectivity index (χ0n) is 8.01. The molecule has 0 aromatic carbocycles. The first-order valence-corrected chi connectivity index (χ1v) is 4.56. The van der Waals surface area contributed by atoms with E-state index in [9.17, 15) is 5.11 Å². The highest BCUT2D eigenvalue weighted by Crippen LogP contribution is 2.33. The maximum atomic E-state index is 9.69. The van der Waals surface area contributed by atoms with Crippen molar-refractivity contribution in [3.05, 3.63) is 12.2 Å². The van der Waals surface area contributed by atoms with Crippen LogP contribution >= 0.6 is 0 Å². The van der Waals surface area contributed by atoms with Crippen LogP contribution in [0.1, 0.15) is 33.1 Å². The number of rotatable bonds is 1. The van der Waals surface area contributed by atoms with Crippen LogP contribution in [0.2, 0.25) is 0 Å². The smallest absolute Gasteiger partial charge is 0.0722 e. The van der Waals surface area contributed by atoms with Crippen molar-refractivity contribution in [2.24, 2.45) is 11.7 Å². The summed E-state index contributed by atoms with van der Waals surface area (Å²) in [5.74, 6) is 0.469. The Morgan fingerprint density at radius 2 is 2.25 bits per heavy atom. The Kier molecular flexibility index (Phi) is 2.59. The van der Waals surface area contributed by atoms with Gasteiger partial charge in [-0.1, -0.05) is 12.2 Å². The summed E-state index contributed by atoms with van der Waals surface area (Å²) in [6, 6.07) is 0. The van der Waals surface area contributed by atoms with Gasteiger partial charge in [0.15, 0.2) is 0 Å². The largest absolute Gasteiger partial charge is 0.391 e. The highest BCUT2D eigenvalue weighted by Gasteiger charge is 2.35. The van der Waals surface area contributed by atoms with E-state index in [1.165, 1.54) is 5.57 Å². The SMILES string of the molecule is C=C(C)[C@@H]1CC[C@](C)(N)[C@@H](O)C1. The van der Waals surface area contributed by atoms with E-state index in [1.54, 1.807) is 0 Å². The van der Waals surface area contributed by atoms with Crippen LogP contribution in [0, 0.1) is 5.92 Å². The van der Waals surface area contributed by atoms with E-state index in [-0.39, 0.29) is 11.6 Å². The van der Waals surface area contributed by atoms with Crippen molar-refractivity contribution in [3.8, 4) is 0 Å². The van der Waals surface area contributed by atoms with Crippen LogP contribution in [0.15, 0.2) is 12.2 Å². The van der Waals surface area contributed by atoms with Crippen LogP contribution in [0.3, 0.4) is 0 Å². The summed E-state index contributed by atoms with van der Waals surface area (Å²) >= 11 is 0. The number of aliphatic hydroxyl groups excluding tert-OH is 1. The molecule has 3 atom stereocenters. The standard InChI is InChI=1S/C10H19NO/c1-7(2)8-4-5-10(3,11)9(12)6-8/h8-9,12H,1,4-6,11H2,2-3H3/t8-,9+,10+/m1/s1. The first kappa shape index (κ1) is 9.75. The summed E-state index contributed by atoms with van der Waals surface area (Å²) in [5.41, 5.74) is 6.69. The van der Waals surface area contributed by atoms with Crippen LogP contribution < -0.4 is 5.73 Å². The molecule has 0 aliphatic heterocycles. The van der Waals surface area contributed by atoms with Crippen molar-refractivity contribution in [3.63, 3.8) is 0 Å². The van der Waals surface area contributed by atoms with Crippen LogP contribution in [0.25, 0.3) is 0 Å². The molecule has 0 unspecified atom stereocenters. The quantitative estimate of drug-likeness (QED) is 0.583. The summed E-state index contributed by atoms with van der Waals surface area (Å²) in [6.45, 7) is 7.86. The van der Waals surface area contributed by atoms with Crippen molar-refractivity contribution in [1.82, 2.24) is 0 Å². The number of nitrogens with two attached hydrogens (primary N) is 1. The molecule has 12 heavy (non-hydrogen) atoms. The molecule has 1 rings (SSSR count). The van der Waals surface area contributed by atoms with Crippen molar-refractivity contribution in [2.75, 3.05) is 0 Å². The molecule has 0 saturated heterocycles. The fraction of sp³-hybridized carbons (Fsp3) is 0.800. The van der Waals surface area contributed by atoms with Gasteiger partial charge in [0, 0.05) is 5.54 Å². The average Bonchev–Trinajstić information content (AvgIpc) is 1.94. The molecular formula is C10H19NO. The second-order valence-electron chi connectivity index (χ2n) is 4.34. The fourth-order valence-corrected chi connectivity index (χ4v) is 1.76. The minimum Gasteiger partial charge on any atom is -0.391 e. The first-order valence-electron chi connectivity index (χ1n) is 4.56. The second kappa shape index (κ2) is 3.19. The van der Waals surface area contributed by atoms with E-state index in [4.69, 9.17) is 5.73 Å². The van der Waals surface area contributed by atoms with Crippen LogP contribution in [-0.2, 0) is 0 Å². The minimum atomic E-state index is -0.383. The van der Waals surface area contributed by atoms with Crippen LogP contribution in [0.5, 0.6) is 0 Å². The molecule has 0 radical (unpaired) electrons. The van der Waals surface area contributed by atoms with Gasteiger partial charge < -0.3 is 10.8 Å². The second-order valence-corrected chi connectivity index (χ2v) is 4.34. The third kappa shape index (κ3) is 1.87. The van der Waals surface area contributed by atoms with Gasteiger partial charge in [-0.15, -0.1) is 0 Å². The molecule has 70 valence electrons. The maximum Gasteiger partial charge on any atom is 0.0722 e. The minimum absolute atomic E-state index is 0.368. The number of hydrogen-bond acceptors (Lipinski definition) is 2. The zero-order chi connectivity index (χ0) is 9.35. The molecule has 0 bridgehead atoms. The van der Waals surface area contributed by atoms with E-state index >= 15 is 0 Å². The fourth-order valence-electron chi connectivity index (χ4n) is 1.76. The molecule has 0 aromatic rings. The molecule has 1 aliphatic carbocycles. The number of allylic oxidation sites excluding steroid dienone is 1. The molecule has 3 N–H and O–H groups in total. The van der Waals surface area contributed by atoms with Crippen molar-refractivity contribution < 1.29 is 5.11 Å². The predicted octanol–water partition coefficient (Wildman–Crippen LogP) is 1.44. The van der Waals surface area contributed by atoms with Gasteiger partial charge in [-0.3, -0.25) is 0 Å². The molecule has 1 aliphatic rings. The third-order valence-electron chi connectivity index (χ3n) is 3.00. The summed E-state index contributed by atoms with van der Waals surface area (Å²) in [6.07, 6.45) is 2.38. The van der Waals surface area contributed by atoms with E-state index in [2.05, 4.69) is 6.58 Å². The van der Waals surface area contributed by atoms with Gasteiger partial charge in [-0.25, -0.2) is 0 Å². The highest BCUT2D eigenvalue weighted by molar-refractivity contribution is 5.04. The Hall–Kier alpha value is -0.340. The molecule has 0 aromatic heterocycles. The molecule has 1 fully saturated rings. The molecule has 2 heteroatoms. The van der Waals surface area contributed by atoms with Crippen molar-refractivity contribution >= 4 is 0 Å². The molecule has 0 spiro atoms. The molecule has 1 saturated carbocycles. The molecule has 2 nitrogen and oxygen atoms in total. The van der Waals surface area contributed by atoms with Gasteiger partial charge in [-0.05, 0) is 39.0 Å². The summed E-state index contributed by atoms with van der Waals surface area (Å²) in [4.78, 5) is 0. The van der Waals surface area contributed by atoms with Gasteiger partial charge >= 0.3 is 0 Å². The van der Waals surface area contributed by atoms with E-state index in [0.717, 1.165) is 19.3 Å². The monoisotopic (exact) mass is 169 g/mol. The van der Waals surface area contributed by atoms with Gasteiger partial charge in [0.05, 0.1) is 6.10 Å².